The van der Waals surface area contributed by atoms with Crippen LogP contribution in [0.3, 0.4) is 0 Å². The highest BCUT2D eigenvalue weighted by molar-refractivity contribution is 8.15. The van der Waals surface area contributed by atoms with Gasteiger partial charge in [-0.25, -0.2) is 0 Å². The van der Waals surface area contributed by atoms with Gasteiger partial charge in [0.15, 0.2) is 0 Å². The van der Waals surface area contributed by atoms with Gasteiger partial charge >= 0.3 is 5.97 Å². The van der Waals surface area contributed by atoms with Crippen LogP contribution in [0.15, 0.2) is 60.7 Å². The minimum atomic E-state index is -0.969. The standard InChI is InChI=1S/C16H14O3S.C12H23N/c17-15(18)14(11-12-7-3-1-4-8-12)20-16(19)13-9-5-2-6-10-13;1-3-7-11(8-4-1)13-12-9-5-2-6-10-12/h1-10,14H,11H2,(H,17,18);11-13H,1-10H2. The van der Waals surface area contributed by atoms with Crippen LogP contribution in [0, 0.1) is 0 Å². The van der Waals surface area contributed by atoms with E-state index in [-0.39, 0.29) is 5.12 Å². The zero-order chi connectivity index (χ0) is 23.3. The molecule has 1 atom stereocenters. The summed E-state index contributed by atoms with van der Waals surface area (Å²) in [4.78, 5) is 23.3. The first-order chi connectivity index (χ1) is 16.1. The molecule has 0 radical (unpaired) electrons. The molecule has 1 unspecified atom stereocenters. The topological polar surface area (TPSA) is 66.4 Å². The van der Waals surface area contributed by atoms with Crippen molar-refractivity contribution in [2.24, 2.45) is 0 Å². The molecule has 0 aromatic heterocycles. The second kappa shape index (κ2) is 14.2. The normalized spacial score (nSPS) is 18.1. The fourth-order valence-corrected chi connectivity index (χ4v) is 5.56. The number of carboxylic acid groups (broad SMARTS) is 1. The Labute approximate surface area is 202 Å². The van der Waals surface area contributed by atoms with E-state index in [9.17, 15) is 14.7 Å². The van der Waals surface area contributed by atoms with Crippen LogP contribution < -0.4 is 5.32 Å². The Balaban J connectivity index is 0.000000203. The highest BCUT2D eigenvalue weighted by Crippen LogP contribution is 2.23. The van der Waals surface area contributed by atoms with Crippen molar-refractivity contribution in [3.8, 4) is 0 Å². The zero-order valence-corrected chi connectivity index (χ0v) is 20.3. The van der Waals surface area contributed by atoms with E-state index in [1.165, 1.54) is 64.2 Å². The largest absolute Gasteiger partial charge is 0.480 e. The van der Waals surface area contributed by atoms with E-state index in [2.05, 4.69) is 5.32 Å². The molecule has 0 amide bonds. The Morgan fingerprint density at radius 1 is 0.788 bits per heavy atom. The van der Waals surface area contributed by atoms with Crippen molar-refractivity contribution < 1.29 is 14.7 Å². The van der Waals surface area contributed by atoms with Crippen LogP contribution in [0.5, 0.6) is 0 Å². The van der Waals surface area contributed by atoms with Crippen LogP contribution >= 0.6 is 11.8 Å². The van der Waals surface area contributed by atoms with E-state index in [0.717, 1.165) is 29.4 Å². The maximum atomic E-state index is 12.0. The molecule has 0 saturated heterocycles. The van der Waals surface area contributed by atoms with Gasteiger partial charge in [-0.15, -0.1) is 0 Å². The first-order valence-corrected chi connectivity index (χ1v) is 13.3. The summed E-state index contributed by atoms with van der Waals surface area (Å²) in [5.41, 5.74) is 1.44. The zero-order valence-electron chi connectivity index (χ0n) is 19.5. The smallest absolute Gasteiger partial charge is 0.317 e. The maximum absolute atomic E-state index is 12.0. The van der Waals surface area contributed by atoms with Crippen molar-refractivity contribution in [1.29, 1.82) is 0 Å². The van der Waals surface area contributed by atoms with Crippen molar-refractivity contribution in [2.45, 2.75) is 88.0 Å². The number of hydrogen-bond acceptors (Lipinski definition) is 4. The molecule has 2 fully saturated rings. The highest BCUT2D eigenvalue weighted by atomic mass is 32.2. The number of thioether (sulfide) groups is 1. The van der Waals surface area contributed by atoms with Gasteiger partial charge in [0.05, 0.1) is 0 Å². The molecule has 0 bridgehead atoms. The van der Waals surface area contributed by atoms with Crippen molar-refractivity contribution in [1.82, 2.24) is 5.32 Å². The molecule has 5 heteroatoms. The quantitative estimate of drug-likeness (QED) is 0.487. The first-order valence-electron chi connectivity index (χ1n) is 12.4. The second-order valence-corrected chi connectivity index (χ2v) is 10.3. The minimum Gasteiger partial charge on any atom is -0.480 e. The van der Waals surface area contributed by atoms with Gasteiger partial charge in [-0.05, 0) is 37.7 Å². The third-order valence-corrected chi connectivity index (χ3v) is 7.58. The predicted molar refractivity (Wildman–Crippen MR) is 137 cm³/mol. The molecule has 33 heavy (non-hydrogen) atoms. The molecule has 178 valence electrons. The number of carboxylic acids is 1. The molecule has 2 aromatic carbocycles. The van der Waals surface area contributed by atoms with Crippen LogP contribution in [0.4, 0.5) is 0 Å². The van der Waals surface area contributed by atoms with Crippen molar-refractivity contribution in [3.05, 3.63) is 71.8 Å². The number of benzene rings is 2. The number of hydrogen-bond donors (Lipinski definition) is 2. The summed E-state index contributed by atoms with van der Waals surface area (Å²) in [6.07, 6.45) is 14.9. The van der Waals surface area contributed by atoms with E-state index >= 15 is 0 Å². The van der Waals surface area contributed by atoms with Crippen LogP contribution in [-0.2, 0) is 11.2 Å². The Bertz CT molecular complexity index is 815. The third-order valence-electron chi connectivity index (χ3n) is 6.48. The molecule has 2 aliphatic rings. The summed E-state index contributed by atoms with van der Waals surface area (Å²) in [6, 6.07) is 19.8. The van der Waals surface area contributed by atoms with Gasteiger partial charge in [0.2, 0.25) is 5.12 Å². The summed E-state index contributed by atoms with van der Waals surface area (Å²) in [5.74, 6) is -0.969. The lowest BCUT2D eigenvalue weighted by Crippen LogP contribution is -2.40. The van der Waals surface area contributed by atoms with Crippen molar-refractivity contribution >= 4 is 22.8 Å². The first kappa shape index (κ1) is 25.5. The predicted octanol–water partition coefficient (Wildman–Crippen LogP) is 6.50. The average molecular weight is 468 g/mol. The monoisotopic (exact) mass is 467 g/mol. The van der Waals surface area contributed by atoms with E-state index in [1.807, 2.05) is 36.4 Å². The lowest BCUT2D eigenvalue weighted by molar-refractivity contribution is -0.136. The Morgan fingerprint density at radius 2 is 1.27 bits per heavy atom. The average Bonchev–Trinajstić information content (AvgIpc) is 2.86. The summed E-state index contributed by atoms with van der Waals surface area (Å²) >= 11 is 0.862. The third kappa shape index (κ3) is 9.34. The number of aliphatic carboxylic acids is 1. The number of carbonyl (C=O) groups is 2. The Hall–Kier alpha value is -2.11. The lowest BCUT2D eigenvalue weighted by Gasteiger charge is -2.30. The highest BCUT2D eigenvalue weighted by Gasteiger charge is 2.23. The van der Waals surface area contributed by atoms with Gasteiger partial charge in [0.1, 0.15) is 5.25 Å². The van der Waals surface area contributed by atoms with Crippen LogP contribution in [0.25, 0.3) is 0 Å². The van der Waals surface area contributed by atoms with Gasteiger partial charge in [-0.1, -0.05) is 111 Å². The molecule has 0 heterocycles. The molecule has 0 spiro atoms. The maximum Gasteiger partial charge on any atom is 0.317 e. The fourth-order valence-electron chi connectivity index (χ4n) is 4.65. The minimum absolute atomic E-state index is 0.214. The number of carbonyl (C=O) groups excluding carboxylic acids is 1. The number of nitrogens with one attached hydrogen (secondary N) is 1. The van der Waals surface area contributed by atoms with Crippen LogP contribution in [0.2, 0.25) is 0 Å². The van der Waals surface area contributed by atoms with Crippen LogP contribution in [-0.4, -0.2) is 33.5 Å². The van der Waals surface area contributed by atoms with E-state index in [4.69, 9.17) is 0 Å². The van der Waals surface area contributed by atoms with Crippen LogP contribution in [0.1, 0.15) is 80.1 Å². The van der Waals surface area contributed by atoms with E-state index < -0.39 is 11.2 Å². The molecule has 4 rings (SSSR count). The Morgan fingerprint density at radius 3 is 1.76 bits per heavy atom. The van der Waals surface area contributed by atoms with Crippen molar-refractivity contribution in [2.75, 3.05) is 0 Å². The molecular formula is C28H37NO3S. The molecule has 4 nitrogen and oxygen atoms in total. The number of rotatable bonds is 7. The molecule has 2 aliphatic carbocycles. The molecule has 2 N–H and O–H groups in total. The van der Waals surface area contributed by atoms with Gasteiger partial charge in [0.25, 0.3) is 0 Å². The van der Waals surface area contributed by atoms with E-state index in [1.54, 1.807) is 24.3 Å². The van der Waals surface area contributed by atoms with Gasteiger partial charge in [-0.2, -0.15) is 0 Å². The second-order valence-electron chi connectivity index (χ2n) is 9.12. The molecule has 2 aromatic rings. The Kier molecular flexibility index (Phi) is 11.0. The molecular weight excluding hydrogens is 430 g/mol. The lowest BCUT2D eigenvalue weighted by atomic mass is 9.91. The molecule has 0 aliphatic heterocycles. The summed E-state index contributed by atoms with van der Waals surface area (Å²) in [6.45, 7) is 0. The van der Waals surface area contributed by atoms with Gasteiger partial charge in [-0.3, -0.25) is 9.59 Å². The van der Waals surface area contributed by atoms with E-state index in [0.29, 0.717) is 12.0 Å². The summed E-state index contributed by atoms with van der Waals surface area (Å²) in [7, 11) is 0. The molecule has 2 saturated carbocycles. The SMILES string of the molecule is C1CCC(NC2CCCCC2)CC1.O=C(SC(Cc1ccccc1)C(=O)O)c1ccccc1. The van der Waals surface area contributed by atoms with Gasteiger partial charge < -0.3 is 10.4 Å². The summed E-state index contributed by atoms with van der Waals surface area (Å²) < 4.78 is 0. The fraction of sp³-hybridized carbons (Fsp3) is 0.500. The summed E-state index contributed by atoms with van der Waals surface area (Å²) in [5, 5.41) is 12.1. The van der Waals surface area contributed by atoms with Gasteiger partial charge in [0, 0.05) is 17.6 Å². The van der Waals surface area contributed by atoms with Crippen molar-refractivity contribution in [3.63, 3.8) is 0 Å².